The van der Waals surface area contributed by atoms with Crippen LogP contribution in [0.15, 0.2) is 12.4 Å². The van der Waals surface area contributed by atoms with Crippen LogP contribution in [0.4, 0.5) is 0 Å². The average Bonchev–Trinajstić information content (AvgIpc) is 2.91. The third-order valence-corrected chi connectivity index (χ3v) is 3.09. The van der Waals surface area contributed by atoms with Gasteiger partial charge in [-0.1, -0.05) is 13.3 Å². The molecule has 1 amide bonds. The molecule has 0 bridgehead atoms. The Bertz CT molecular complexity index is 429. The number of ketones is 1. The fourth-order valence-electron chi connectivity index (χ4n) is 1.74. The molecule has 1 aromatic heterocycles. The minimum absolute atomic E-state index is 0.0889. The molecule has 1 rings (SSSR count). The van der Waals surface area contributed by atoms with Crippen molar-refractivity contribution >= 4 is 11.7 Å². The third-order valence-electron chi connectivity index (χ3n) is 3.09. The van der Waals surface area contributed by atoms with Gasteiger partial charge in [0.1, 0.15) is 0 Å². The summed E-state index contributed by atoms with van der Waals surface area (Å²) in [5.41, 5.74) is 0.301. The number of nitrogens with one attached hydrogen (secondary N) is 1. The third kappa shape index (κ3) is 4.48. The van der Waals surface area contributed by atoms with Crippen molar-refractivity contribution in [1.29, 1.82) is 0 Å². The van der Waals surface area contributed by atoms with E-state index in [0.29, 0.717) is 25.1 Å². The summed E-state index contributed by atoms with van der Waals surface area (Å²) in [4.78, 5) is 23.5. The van der Waals surface area contributed by atoms with Crippen molar-refractivity contribution in [2.45, 2.75) is 33.2 Å². The molecule has 2 N–H and O–H groups in total. The largest absolute Gasteiger partial charge is 0.396 e. The Kier molecular flexibility index (Phi) is 6.21. The van der Waals surface area contributed by atoms with Crippen LogP contribution < -0.4 is 5.32 Å². The summed E-state index contributed by atoms with van der Waals surface area (Å²) in [6, 6.07) is 0. The number of carbonyl (C=O) groups excluding carboxylic acids is 2. The number of carbonyl (C=O) groups is 2. The second-order valence-corrected chi connectivity index (χ2v) is 4.41. The number of hydrogen-bond donors (Lipinski definition) is 2. The van der Waals surface area contributed by atoms with Crippen molar-refractivity contribution < 1.29 is 14.7 Å². The Morgan fingerprint density at radius 2 is 2.21 bits per heavy atom. The number of aliphatic hydroxyl groups excluding tert-OH is 1. The van der Waals surface area contributed by atoms with E-state index in [1.165, 1.54) is 6.20 Å². The summed E-state index contributed by atoms with van der Waals surface area (Å²) in [5, 5.41) is 15.4. The molecule has 106 valence electrons. The van der Waals surface area contributed by atoms with Crippen LogP contribution in [0, 0.1) is 5.92 Å². The molecule has 0 aliphatic carbocycles. The molecule has 0 saturated carbocycles. The molecule has 0 saturated heterocycles. The lowest BCUT2D eigenvalue weighted by Gasteiger charge is -2.13. The van der Waals surface area contributed by atoms with Crippen LogP contribution in [0.5, 0.6) is 0 Å². The highest BCUT2D eigenvalue weighted by molar-refractivity contribution is 6.42. The highest BCUT2D eigenvalue weighted by Gasteiger charge is 2.18. The summed E-state index contributed by atoms with van der Waals surface area (Å²) in [5.74, 6) is -0.995. The first kappa shape index (κ1) is 15.4. The lowest BCUT2D eigenvalue weighted by Crippen LogP contribution is -2.34. The number of aryl methyl sites for hydroxylation is 1. The van der Waals surface area contributed by atoms with Crippen molar-refractivity contribution in [3.8, 4) is 0 Å². The van der Waals surface area contributed by atoms with Gasteiger partial charge < -0.3 is 10.4 Å². The van der Waals surface area contributed by atoms with Gasteiger partial charge >= 0.3 is 0 Å². The fourth-order valence-corrected chi connectivity index (χ4v) is 1.74. The number of nitrogens with zero attached hydrogens (tertiary/aromatic N) is 2. The van der Waals surface area contributed by atoms with Crippen LogP contribution in [0.3, 0.4) is 0 Å². The summed E-state index contributed by atoms with van der Waals surface area (Å²) in [6.07, 6.45) is 4.44. The molecule has 0 aliphatic rings. The molecule has 0 radical (unpaired) electrons. The molecule has 19 heavy (non-hydrogen) atoms. The van der Waals surface area contributed by atoms with Gasteiger partial charge in [-0.3, -0.25) is 14.3 Å². The highest BCUT2D eigenvalue weighted by Crippen LogP contribution is 2.06. The van der Waals surface area contributed by atoms with Crippen molar-refractivity contribution in [3.63, 3.8) is 0 Å². The smallest absolute Gasteiger partial charge is 0.292 e. The van der Waals surface area contributed by atoms with E-state index >= 15 is 0 Å². The van der Waals surface area contributed by atoms with Crippen LogP contribution in [-0.4, -0.2) is 39.7 Å². The topological polar surface area (TPSA) is 84.2 Å². The van der Waals surface area contributed by atoms with Crippen molar-refractivity contribution in [2.75, 3.05) is 13.2 Å². The van der Waals surface area contributed by atoms with Gasteiger partial charge in [-0.15, -0.1) is 0 Å². The average molecular weight is 267 g/mol. The van der Waals surface area contributed by atoms with E-state index in [2.05, 4.69) is 10.4 Å². The Labute approximate surface area is 112 Å². The molecule has 0 aromatic carbocycles. The number of rotatable bonds is 8. The number of amides is 1. The first-order valence-electron chi connectivity index (χ1n) is 6.58. The molecule has 6 heteroatoms. The predicted molar refractivity (Wildman–Crippen MR) is 70.7 cm³/mol. The molecule has 1 unspecified atom stereocenters. The Morgan fingerprint density at radius 1 is 1.47 bits per heavy atom. The van der Waals surface area contributed by atoms with E-state index < -0.39 is 11.7 Å². The predicted octanol–water partition coefficient (Wildman–Crippen LogP) is 0.610. The standard InChI is InChI=1S/C13H21N3O3/c1-3-10(5-6-17)7-14-13(19)12(18)11-8-15-16(4-2)9-11/h8-10,17H,3-7H2,1-2H3,(H,14,19). The summed E-state index contributed by atoms with van der Waals surface area (Å²) in [6.45, 7) is 5.04. The molecule has 1 aromatic rings. The van der Waals surface area contributed by atoms with Gasteiger partial charge in [0.2, 0.25) is 0 Å². The van der Waals surface area contributed by atoms with Crippen LogP contribution in [0.2, 0.25) is 0 Å². The van der Waals surface area contributed by atoms with Crippen LogP contribution in [0.1, 0.15) is 37.0 Å². The van der Waals surface area contributed by atoms with E-state index in [-0.39, 0.29) is 12.5 Å². The highest BCUT2D eigenvalue weighted by atomic mass is 16.3. The Balaban J connectivity index is 2.50. The second kappa shape index (κ2) is 7.68. The second-order valence-electron chi connectivity index (χ2n) is 4.41. The van der Waals surface area contributed by atoms with Gasteiger partial charge in [-0.2, -0.15) is 5.10 Å². The quantitative estimate of drug-likeness (QED) is 0.534. The van der Waals surface area contributed by atoms with Gasteiger partial charge in [0, 0.05) is 25.9 Å². The zero-order valence-corrected chi connectivity index (χ0v) is 11.4. The molecule has 0 fully saturated rings. The van der Waals surface area contributed by atoms with E-state index in [4.69, 9.17) is 5.11 Å². The van der Waals surface area contributed by atoms with Gasteiger partial charge in [-0.05, 0) is 19.3 Å². The van der Waals surface area contributed by atoms with Crippen molar-refractivity contribution in [3.05, 3.63) is 18.0 Å². The Hall–Kier alpha value is -1.69. The zero-order valence-electron chi connectivity index (χ0n) is 11.4. The number of aliphatic hydroxyl groups is 1. The zero-order chi connectivity index (χ0) is 14.3. The van der Waals surface area contributed by atoms with Gasteiger partial charge in [0.05, 0.1) is 11.8 Å². The molecule has 0 spiro atoms. The summed E-state index contributed by atoms with van der Waals surface area (Å²) < 4.78 is 1.60. The van der Waals surface area contributed by atoms with Gasteiger partial charge in [0.25, 0.3) is 11.7 Å². The van der Waals surface area contributed by atoms with E-state index in [1.54, 1.807) is 10.9 Å². The normalized spacial score (nSPS) is 12.2. The Morgan fingerprint density at radius 3 is 2.74 bits per heavy atom. The van der Waals surface area contributed by atoms with Crippen LogP contribution in [0.25, 0.3) is 0 Å². The first-order valence-corrected chi connectivity index (χ1v) is 6.58. The van der Waals surface area contributed by atoms with E-state index in [1.807, 2.05) is 13.8 Å². The lowest BCUT2D eigenvalue weighted by atomic mass is 10.0. The first-order chi connectivity index (χ1) is 9.12. The van der Waals surface area contributed by atoms with Gasteiger partial charge in [0.15, 0.2) is 0 Å². The monoisotopic (exact) mass is 267 g/mol. The summed E-state index contributed by atoms with van der Waals surface area (Å²) in [7, 11) is 0. The fraction of sp³-hybridized carbons (Fsp3) is 0.615. The lowest BCUT2D eigenvalue weighted by molar-refractivity contribution is -0.117. The molecule has 1 heterocycles. The number of Topliss-reactive ketones (excluding diaryl/α,β-unsaturated/α-hetero) is 1. The van der Waals surface area contributed by atoms with Crippen molar-refractivity contribution in [2.24, 2.45) is 5.92 Å². The molecular weight excluding hydrogens is 246 g/mol. The number of hydrogen-bond acceptors (Lipinski definition) is 4. The van der Waals surface area contributed by atoms with Crippen LogP contribution >= 0.6 is 0 Å². The molecule has 1 atom stereocenters. The van der Waals surface area contributed by atoms with E-state index in [9.17, 15) is 9.59 Å². The maximum Gasteiger partial charge on any atom is 0.292 e. The molecule has 6 nitrogen and oxygen atoms in total. The van der Waals surface area contributed by atoms with Crippen LogP contribution in [-0.2, 0) is 11.3 Å². The maximum absolute atomic E-state index is 11.8. The van der Waals surface area contributed by atoms with Crippen molar-refractivity contribution in [1.82, 2.24) is 15.1 Å². The summed E-state index contributed by atoms with van der Waals surface area (Å²) >= 11 is 0. The van der Waals surface area contributed by atoms with E-state index in [0.717, 1.165) is 6.42 Å². The molecular formula is C13H21N3O3. The van der Waals surface area contributed by atoms with Gasteiger partial charge in [-0.25, -0.2) is 0 Å². The minimum Gasteiger partial charge on any atom is -0.396 e. The number of aromatic nitrogens is 2. The maximum atomic E-state index is 11.8. The SMILES string of the molecule is CCC(CCO)CNC(=O)C(=O)c1cnn(CC)c1. The molecule has 0 aliphatic heterocycles. The minimum atomic E-state index is -0.618.